The van der Waals surface area contributed by atoms with Crippen LogP contribution in [0.25, 0.3) is 0 Å². The third-order valence-electron chi connectivity index (χ3n) is 2.90. The molecule has 1 fully saturated rings. The van der Waals surface area contributed by atoms with Gasteiger partial charge in [-0.25, -0.2) is 9.37 Å². The summed E-state index contributed by atoms with van der Waals surface area (Å²) in [6.07, 6.45) is 5.91. The van der Waals surface area contributed by atoms with Crippen LogP contribution in [0.3, 0.4) is 0 Å². The first-order valence-corrected chi connectivity index (χ1v) is 5.40. The summed E-state index contributed by atoms with van der Waals surface area (Å²) in [5, 5.41) is 3.09. The Labute approximate surface area is 88.9 Å². The molecule has 15 heavy (non-hydrogen) atoms. The molecule has 4 heteroatoms. The van der Waals surface area contributed by atoms with Gasteiger partial charge in [-0.1, -0.05) is 12.8 Å². The number of rotatable bonds is 2. The monoisotopic (exact) mass is 209 g/mol. The predicted octanol–water partition coefficient (Wildman–Crippen LogP) is 1.90. The number of nitrogens with zero attached hydrogens (tertiary/aromatic N) is 1. The number of hydrogen-bond acceptors (Lipinski definition) is 3. The zero-order valence-corrected chi connectivity index (χ0v) is 8.62. The Morgan fingerprint density at radius 1 is 1.40 bits per heavy atom. The highest BCUT2D eigenvalue weighted by molar-refractivity contribution is 5.37. The molecule has 82 valence electrons. The summed E-state index contributed by atoms with van der Waals surface area (Å²) in [6, 6.07) is 3.26. The van der Waals surface area contributed by atoms with Gasteiger partial charge in [0.15, 0.2) is 11.6 Å². The van der Waals surface area contributed by atoms with E-state index in [0.29, 0.717) is 5.82 Å². The Morgan fingerprint density at radius 3 is 2.93 bits per heavy atom. The average molecular weight is 209 g/mol. The third-order valence-corrected chi connectivity index (χ3v) is 2.90. The summed E-state index contributed by atoms with van der Waals surface area (Å²) >= 11 is 0. The van der Waals surface area contributed by atoms with E-state index < -0.39 is 0 Å². The van der Waals surface area contributed by atoms with Crippen LogP contribution in [0.4, 0.5) is 10.2 Å². The van der Waals surface area contributed by atoms with E-state index >= 15 is 0 Å². The standard InChI is InChI=1S/C11H16FN3/c12-8-4-3-7-14-11(8)15-10-6-2-1-5-9(10)13/h3-4,7,9-10H,1-2,5-6,13H2,(H,14,15)/t9-,10-/m1/s1. The van der Waals surface area contributed by atoms with Crippen molar-refractivity contribution in [1.82, 2.24) is 4.98 Å². The van der Waals surface area contributed by atoms with Crippen molar-refractivity contribution in [2.45, 2.75) is 37.8 Å². The number of pyridine rings is 1. The van der Waals surface area contributed by atoms with E-state index in [1.807, 2.05) is 0 Å². The average Bonchev–Trinajstić information content (AvgIpc) is 2.24. The van der Waals surface area contributed by atoms with Crippen molar-refractivity contribution in [3.63, 3.8) is 0 Å². The normalized spacial score (nSPS) is 26.3. The zero-order chi connectivity index (χ0) is 10.7. The van der Waals surface area contributed by atoms with Gasteiger partial charge in [0.2, 0.25) is 0 Å². The van der Waals surface area contributed by atoms with Crippen molar-refractivity contribution >= 4 is 5.82 Å². The zero-order valence-electron chi connectivity index (χ0n) is 8.62. The van der Waals surface area contributed by atoms with Gasteiger partial charge in [-0.2, -0.15) is 0 Å². The van der Waals surface area contributed by atoms with Crippen LogP contribution < -0.4 is 11.1 Å². The van der Waals surface area contributed by atoms with Crippen LogP contribution in [-0.2, 0) is 0 Å². The Morgan fingerprint density at radius 2 is 2.20 bits per heavy atom. The molecule has 0 aliphatic heterocycles. The molecule has 0 bridgehead atoms. The van der Waals surface area contributed by atoms with Gasteiger partial charge in [-0.3, -0.25) is 0 Å². The number of hydrogen-bond donors (Lipinski definition) is 2. The molecular formula is C11H16FN3. The predicted molar refractivity (Wildman–Crippen MR) is 58.0 cm³/mol. The first-order valence-electron chi connectivity index (χ1n) is 5.40. The van der Waals surface area contributed by atoms with Crippen LogP contribution in [0, 0.1) is 5.82 Å². The highest BCUT2D eigenvalue weighted by atomic mass is 19.1. The fourth-order valence-corrected chi connectivity index (χ4v) is 2.01. The summed E-state index contributed by atoms with van der Waals surface area (Å²) in [5.41, 5.74) is 5.96. The summed E-state index contributed by atoms with van der Waals surface area (Å²) in [6.45, 7) is 0. The van der Waals surface area contributed by atoms with Crippen molar-refractivity contribution < 1.29 is 4.39 Å². The molecule has 3 N–H and O–H groups in total. The van der Waals surface area contributed by atoms with Crippen molar-refractivity contribution in [3.05, 3.63) is 24.1 Å². The molecule has 3 nitrogen and oxygen atoms in total. The summed E-state index contributed by atoms with van der Waals surface area (Å²) in [7, 11) is 0. The molecule has 2 rings (SSSR count). The van der Waals surface area contributed by atoms with Crippen LogP contribution in [0.1, 0.15) is 25.7 Å². The SMILES string of the molecule is N[C@@H]1CCCC[C@H]1Nc1ncccc1F. The number of anilines is 1. The van der Waals surface area contributed by atoms with Gasteiger partial charge in [0.1, 0.15) is 0 Å². The van der Waals surface area contributed by atoms with Gasteiger partial charge in [0, 0.05) is 18.3 Å². The molecule has 0 radical (unpaired) electrons. The number of halogens is 1. The number of nitrogens with two attached hydrogens (primary N) is 1. The van der Waals surface area contributed by atoms with Crippen LogP contribution in [0.5, 0.6) is 0 Å². The maximum Gasteiger partial charge on any atom is 0.165 e. The minimum Gasteiger partial charge on any atom is -0.363 e. The molecule has 1 aliphatic carbocycles. The molecule has 1 aromatic rings. The Balaban J connectivity index is 2.04. The lowest BCUT2D eigenvalue weighted by atomic mass is 9.91. The lowest BCUT2D eigenvalue weighted by molar-refractivity contribution is 0.402. The van der Waals surface area contributed by atoms with E-state index in [2.05, 4.69) is 10.3 Å². The van der Waals surface area contributed by atoms with E-state index in [4.69, 9.17) is 5.73 Å². The van der Waals surface area contributed by atoms with Gasteiger partial charge in [0.25, 0.3) is 0 Å². The van der Waals surface area contributed by atoms with Gasteiger partial charge in [-0.05, 0) is 25.0 Å². The molecule has 1 heterocycles. The topological polar surface area (TPSA) is 50.9 Å². The second kappa shape index (κ2) is 4.57. The molecule has 0 spiro atoms. The minimum atomic E-state index is -0.310. The molecule has 1 aliphatic rings. The lowest BCUT2D eigenvalue weighted by Gasteiger charge is -2.29. The van der Waals surface area contributed by atoms with Crippen molar-refractivity contribution in [2.75, 3.05) is 5.32 Å². The highest BCUT2D eigenvalue weighted by Crippen LogP contribution is 2.21. The largest absolute Gasteiger partial charge is 0.363 e. The second-order valence-electron chi connectivity index (χ2n) is 4.03. The van der Waals surface area contributed by atoms with Gasteiger partial charge in [-0.15, -0.1) is 0 Å². The molecule has 0 aromatic carbocycles. The molecule has 1 saturated carbocycles. The molecule has 0 amide bonds. The Hall–Kier alpha value is -1.16. The molecular weight excluding hydrogens is 193 g/mol. The van der Waals surface area contributed by atoms with E-state index in [9.17, 15) is 4.39 Å². The summed E-state index contributed by atoms with van der Waals surface area (Å²) in [4.78, 5) is 3.97. The quantitative estimate of drug-likeness (QED) is 0.782. The van der Waals surface area contributed by atoms with E-state index in [-0.39, 0.29) is 17.9 Å². The highest BCUT2D eigenvalue weighted by Gasteiger charge is 2.22. The van der Waals surface area contributed by atoms with Gasteiger partial charge < -0.3 is 11.1 Å². The molecule has 0 unspecified atom stereocenters. The lowest BCUT2D eigenvalue weighted by Crippen LogP contribution is -2.42. The second-order valence-corrected chi connectivity index (χ2v) is 4.03. The van der Waals surface area contributed by atoms with E-state index in [0.717, 1.165) is 19.3 Å². The third kappa shape index (κ3) is 2.45. The Kier molecular flexibility index (Phi) is 3.16. The smallest absolute Gasteiger partial charge is 0.165 e. The van der Waals surface area contributed by atoms with Crippen molar-refractivity contribution in [3.8, 4) is 0 Å². The van der Waals surface area contributed by atoms with E-state index in [1.165, 1.54) is 12.5 Å². The minimum absolute atomic E-state index is 0.111. The first kappa shape index (κ1) is 10.4. The van der Waals surface area contributed by atoms with Gasteiger partial charge >= 0.3 is 0 Å². The van der Waals surface area contributed by atoms with Crippen molar-refractivity contribution in [2.24, 2.45) is 5.73 Å². The van der Waals surface area contributed by atoms with Crippen molar-refractivity contribution in [1.29, 1.82) is 0 Å². The fraction of sp³-hybridized carbons (Fsp3) is 0.545. The number of aromatic nitrogens is 1. The molecule has 1 aromatic heterocycles. The maximum absolute atomic E-state index is 13.3. The van der Waals surface area contributed by atoms with Crippen LogP contribution >= 0.6 is 0 Å². The van der Waals surface area contributed by atoms with E-state index in [1.54, 1.807) is 12.3 Å². The molecule has 2 atom stereocenters. The first-order chi connectivity index (χ1) is 7.27. The molecule has 0 saturated heterocycles. The fourth-order valence-electron chi connectivity index (χ4n) is 2.01. The maximum atomic E-state index is 13.3. The summed E-state index contributed by atoms with van der Waals surface area (Å²) < 4.78 is 13.3. The summed E-state index contributed by atoms with van der Waals surface area (Å²) in [5.74, 6) is 0.00937. The van der Waals surface area contributed by atoms with Crippen LogP contribution in [0.2, 0.25) is 0 Å². The Bertz CT molecular complexity index is 329. The van der Waals surface area contributed by atoms with Gasteiger partial charge in [0.05, 0.1) is 0 Å². The van der Waals surface area contributed by atoms with Crippen LogP contribution in [0.15, 0.2) is 18.3 Å². The van der Waals surface area contributed by atoms with Crippen LogP contribution in [-0.4, -0.2) is 17.1 Å². The number of nitrogens with one attached hydrogen (secondary N) is 1.